The lowest BCUT2D eigenvalue weighted by atomic mass is 10.0. The van der Waals surface area contributed by atoms with Gasteiger partial charge in [0.25, 0.3) is 0 Å². The van der Waals surface area contributed by atoms with Gasteiger partial charge in [-0.05, 0) is 26.3 Å². The third kappa shape index (κ3) is 2.93. The summed E-state index contributed by atoms with van der Waals surface area (Å²) in [5.41, 5.74) is 9.64. The summed E-state index contributed by atoms with van der Waals surface area (Å²) < 4.78 is 21.0. The Morgan fingerprint density at radius 1 is 1.38 bits per heavy atom. The number of halogens is 1. The van der Waals surface area contributed by atoms with Crippen molar-refractivity contribution >= 4 is 0 Å². The molecule has 1 unspecified atom stereocenters. The van der Waals surface area contributed by atoms with Crippen LogP contribution < -0.4 is 10.5 Å². The summed E-state index contributed by atoms with van der Waals surface area (Å²) in [4.78, 5) is 0. The van der Waals surface area contributed by atoms with Gasteiger partial charge in [0, 0.05) is 22.9 Å². The van der Waals surface area contributed by atoms with Crippen LogP contribution in [0.1, 0.15) is 41.9 Å². The summed E-state index contributed by atoms with van der Waals surface area (Å²) in [6.07, 6.45) is 0.848. The average Bonchev–Trinajstić information content (AvgIpc) is 2.75. The zero-order valence-corrected chi connectivity index (χ0v) is 13.0. The van der Waals surface area contributed by atoms with E-state index in [1.165, 1.54) is 7.11 Å². The minimum absolute atomic E-state index is 0.0334. The van der Waals surface area contributed by atoms with Crippen LogP contribution in [-0.2, 0) is 6.54 Å². The second-order valence-corrected chi connectivity index (χ2v) is 5.19. The summed E-state index contributed by atoms with van der Waals surface area (Å²) >= 11 is 0. The fraction of sp³-hybridized carbons (Fsp3) is 0.438. The van der Waals surface area contributed by atoms with E-state index in [1.54, 1.807) is 22.9 Å². The first-order chi connectivity index (χ1) is 9.99. The van der Waals surface area contributed by atoms with Crippen LogP contribution in [0.4, 0.5) is 4.39 Å². The molecule has 0 spiro atoms. The van der Waals surface area contributed by atoms with Gasteiger partial charge >= 0.3 is 0 Å². The van der Waals surface area contributed by atoms with Gasteiger partial charge in [-0.1, -0.05) is 19.1 Å². The molecule has 0 saturated heterocycles. The molecule has 2 rings (SSSR count). The Morgan fingerprint density at radius 2 is 2.10 bits per heavy atom. The molecule has 1 aromatic heterocycles. The molecule has 1 aromatic carbocycles. The van der Waals surface area contributed by atoms with E-state index in [1.807, 2.05) is 20.8 Å². The third-order valence-corrected chi connectivity index (χ3v) is 3.83. The van der Waals surface area contributed by atoms with Crippen LogP contribution in [-0.4, -0.2) is 16.9 Å². The predicted molar refractivity (Wildman–Crippen MR) is 81.0 cm³/mol. The molecule has 0 aliphatic rings. The first-order valence-electron chi connectivity index (χ1n) is 7.10. The van der Waals surface area contributed by atoms with Crippen LogP contribution in [0, 0.1) is 19.7 Å². The summed E-state index contributed by atoms with van der Waals surface area (Å²) in [7, 11) is 1.46. The number of aryl methyl sites for hydroxylation is 1. The highest BCUT2D eigenvalue weighted by Gasteiger charge is 2.18. The molecule has 21 heavy (non-hydrogen) atoms. The zero-order valence-electron chi connectivity index (χ0n) is 13.0. The molecule has 0 fully saturated rings. The van der Waals surface area contributed by atoms with Crippen LogP contribution in [0.3, 0.4) is 0 Å². The summed E-state index contributed by atoms with van der Waals surface area (Å²) in [5, 5.41) is 4.50. The second kappa shape index (κ2) is 6.26. The smallest absolute Gasteiger partial charge is 0.170 e. The molecule has 1 atom stereocenters. The highest BCUT2D eigenvalue weighted by atomic mass is 19.1. The molecule has 0 radical (unpaired) electrons. The molecule has 0 saturated carbocycles. The molecule has 2 N–H and O–H groups in total. The van der Waals surface area contributed by atoms with Gasteiger partial charge < -0.3 is 10.5 Å². The normalized spacial score (nSPS) is 12.5. The van der Waals surface area contributed by atoms with Crippen molar-refractivity contribution in [3.8, 4) is 5.75 Å². The van der Waals surface area contributed by atoms with Gasteiger partial charge in [0.2, 0.25) is 0 Å². The largest absolute Gasteiger partial charge is 0.494 e. The second-order valence-electron chi connectivity index (χ2n) is 5.19. The number of aromatic nitrogens is 2. The van der Waals surface area contributed by atoms with E-state index < -0.39 is 0 Å². The topological polar surface area (TPSA) is 53.1 Å². The van der Waals surface area contributed by atoms with Crippen molar-refractivity contribution in [3.05, 3.63) is 46.5 Å². The number of hydrogen-bond donors (Lipinski definition) is 1. The van der Waals surface area contributed by atoms with Crippen molar-refractivity contribution in [2.45, 2.75) is 39.8 Å². The SMILES string of the molecule is CCC(N)c1c(C)nn(Cc2cccc(OC)c2F)c1C. The van der Waals surface area contributed by atoms with E-state index in [-0.39, 0.29) is 17.6 Å². The standard InChI is InChI=1S/C16H22FN3O/c1-5-13(18)15-10(2)19-20(11(15)3)9-12-7-6-8-14(21-4)16(12)17/h6-8,13H,5,9,18H2,1-4H3. The molecule has 1 heterocycles. The van der Waals surface area contributed by atoms with Crippen LogP contribution in [0.15, 0.2) is 18.2 Å². The highest BCUT2D eigenvalue weighted by Crippen LogP contribution is 2.25. The Balaban J connectivity index is 2.37. The van der Waals surface area contributed by atoms with Crippen LogP contribution in [0.25, 0.3) is 0 Å². The molecule has 0 amide bonds. The minimum Gasteiger partial charge on any atom is -0.494 e. The molecular weight excluding hydrogens is 269 g/mol. The fourth-order valence-corrected chi connectivity index (χ4v) is 2.60. The van der Waals surface area contributed by atoms with Gasteiger partial charge in [0.05, 0.1) is 19.3 Å². The quantitative estimate of drug-likeness (QED) is 0.921. The molecule has 2 aromatic rings. The minimum atomic E-state index is -0.339. The summed E-state index contributed by atoms with van der Waals surface area (Å²) in [6, 6.07) is 5.10. The number of ether oxygens (including phenoxy) is 1. The first kappa shape index (κ1) is 15.5. The van der Waals surface area contributed by atoms with Gasteiger partial charge in [0.1, 0.15) is 0 Å². The monoisotopic (exact) mass is 291 g/mol. The Hall–Kier alpha value is -1.88. The van der Waals surface area contributed by atoms with E-state index >= 15 is 0 Å². The molecule has 4 nitrogen and oxygen atoms in total. The summed E-state index contributed by atoms with van der Waals surface area (Å²) in [6.45, 7) is 6.33. The number of benzene rings is 1. The first-order valence-corrected chi connectivity index (χ1v) is 7.10. The molecule has 0 aliphatic heterocycles. The van der Waals surface area contributed by atoms with Crippen LogP contribution in [0.2, 0.25) is 0 Å². The van der Waals surface area contributed by atoms with Crippen molar-refractivity contribution in [2.24, 2.45) is 5.73 Å². The Labute approximate surface area is 124 Å². The van der Waals surface area contributed by atoms with E-state index in [2.05, 4.69) is 5.10 Å². The lowest BCUT2D eigenvalue weighted by Crippen LogP contribution is -2.12. The highest BCUT2D eigenvalue weighted by molar-refractivity contribution is 5.33. The van der Waals surface area contributed by atoms with Gasteiger partial charge in [-0.2, -0.15) is 5.10 Å². The van der Waals surface area contributed by atoms with Crippen molar-refractivity contribution in [2.75, 3.05) is 7.11 Å². The maximum absolute atomic E-state index is 14.2. The predicted octanol–water partition coefficient (Wildman–Crippen LogP) is 3.11. The number of nitrogens with zero attached hydrogens (tertiary/aromatic N) is 2. The van der Waals surface area contributed by atoms with Crippen molar-refractivity contribution in [1.82, 2.24) is 9.78 Å². The van der Waals surface area contributed by atoms with E-state index in [9.17, 15) is 4.39 Å². The van der Waals surface area contributed by atoms with Gasteiger partial charge in [-0.25, -0.2) is 4.39 Å². The van der Waals surface area contributed by atoms with Crippen LogP contribution in [0.5, 0.6) is 5.75 Å². The number of methoxy groups -OCH3 is 1. The number of rotatable bonds is 5. The lowest BCUT2D eigenvalue weighted by molar-refractivity contribution is 0.383. The number of nitrogens with two attached hydrogens (primary N) is 1. The fourth-order valence-electron chi connectivity index (χ4n) is 2.60. The van der Waals surface area contributed by atoms with Crippen LogP contribution >= 0.6 is 0 Å². The van der Waals surface area contributed by atoms with Gasteiger partial charge in [-0.3, -0.25) is 4.68 Å². The van der Waals surface area contributed by atoms with Crippen molar-refractivity contribution < 1.29 is 9.13 Å². The zero-order chi connectivity index (χ0) is 15.6. The van der Waals surface area contributed by atoms with E-state index in [4.69, 9.17) is 10.5 Å². The molecule has 5 heteroatoms. The van der Waals surface area contributed by atoms with Crippen molar-refractivity contribution in [1.29, 1.82) is 0 Å². The van der Waals surface area contributed by atoms with Gasteiger partial charge in [-0.15, -0.1) is 0 Å². The summed E-state index contributed by atoms with van der Waals surface area (Å²) in [5.74, 6) is -0.0894. The Kier molecular flexibility index (Phi) is 4.63. The van der Waals surface area contributed by atoms with E-state index in [0.717, 1.165) is 23.4 Å². The maximum atomic E-state index is 14.2. The third-order valence-electron chi connectivity index (χ3n) is 3.83. The lowest BCUT2D eigenvalue weighted by Gasteiger charge is -2.11. The van der Waals surface area contributed by atoms with Gasteiger partial charge in [0.15, 0.2) is 11.6 Å². The Bertz CT molecular complexity index is 637. The molecule has 0 aliphatic carbocycles. The van der Waals surface area contributed by atoms with Crippen molar-refractivity contribution in [3.63, 3.8) is 0 Å². The molecule has 0 bridgehead atoms. The molecular formula is C16H22FN3O. The number of hydrogen-bond acceptors (Lipinski definition) is 3. The average molecular weight is 291 g/mol. The Morgan fingerprint density at radius 3 is 2.71 bits per heavy atom. The van der Waals surface area contributed by atoms with E-state index in [0.29, 0.717) is 12.1 Å². The molecule has 114 valence electrons. The maximum Gasteiger partial charge on any atom is 0.170 e.